The van der Waals surface area contributed by atoms with Gasteiger partial charge in [0, 0.05) is 13.0 Å². The van der Waals surface area contributed by atoms with Crippen LogP contribution in [0.5, 0.6) is 0 Å². The van der Waals surface area contributed by atoms with Crippen molar-refractivity contribution in [3.05, 3.63) is 65.7 Å². The van der Waals surface area contributed by atoms with Gasteiger partial charge in [0.05, 0.1) is 17.0 Å². The van der Waals surface area contributed by atoms with Crippen LogP contribution in [0.25, 0.3) is 0 Å². The smallest absolute Gasteiger partial charge is 0.253 e. The summed E-state index contributed by atoms with van der Waals surface area (Å²) >= 11 is 0. The van der Waals surface area contributed by atoms with E-state index >= 15 is 0 Å². The number of anilines is 1. The van der Waals surface area contributed by atoms with Gasteiger partial charge in [-0.05, 0) is 30.5 Å². The van der Waals surface area contributed by atoms with Gasteiger partial charge >= 0.3 is 0 Å². The molecule has 0 unspecified atom stereocenters. The molecule has 0 aliphatic carbocycles. The third-order valence-corrected chi connectivity index (χ3v) is 5.83. The van der Waals surface area contributed by atoms with Gasteiger partial charge in [0.15, 0.2) is 9.84 Å². The number of benzene rings is 2. The van der Waals surface area contributed by atoms with E-state index in [0.29, 0.717) is 12.8 Å². The molecule has 0 atom stereocenters. The Bertz CT molecular complexity index is 991. The molecule has 0 aliphatic rings. The van der Waals surface area contributed by atoms with Crippen LogP contribution in [0.3, 0.4) is 0 Å². The van der Waals surface area contributed by atoms with Gasteiger partial charge in [0.1, 0.15) is 5.75 Å². The van der Waals surface area contributed by atoms with Gasteiger partial charge in [-0.1, -0.05) is 42.5 Å². The second-order valence-corrected chi connectivity index (χ2v) is 8.93. The number of para-hydroxylation sites is 1. The summed E-state index contributed by atoms with van der Waals surface area (Å²) in [4.78, 5) is 35.3. The van der Waals surface area contributed by atoms with Crippen molar-refractivity contribution in [2.75, 3.05) is 23.4 Å². The van der Waals surface area contributed by atoms with E-state index in [1.54, 1.807) is 12.1 Å². The molecule has 0 aromatic heterocycles. The predicted octanol–water partition coefficient (Wildman–Crippen LogP) is 1.28. The van der Waals surface area contributed by atoms with Crippen molar-refractivity contribution in [1.29, 1.82) is 0 Å². The van der Waals surface area contributed by atoms with Gasteiger partial charge < -0.3 is 16.4 Å². The molecule has 0 saturated carbocycles. The molecule has 2 rings (SSSR count). The molecule has 3 amide bonds. The molecule has 0 saturated heterocycles. The molecule has 9 heteroatoms. The lowest BCUT2D eigenvalue weighted by Crippen LogP contribution is -2.30. The van der Waals surface area contributed by atoms with Gasteiger partial charge in [-0.25, -0.2) is 8.42 Å². The van der Waals surface area contributed by atoms with E-state index in [1.807, 2.05) is 30.3 Å². The summed E-state index contributed by atoms with van der Waals surface area (Å²) in [6, 6.07) is 15.7. The van der Waals surface area contributed by atoms with Crippen LogP contribution in [0, 0.1) is 0 Å². The Balaban J connectivity index is 1.90. The molecule has 160 valence electrons. The molecule has 2 aromatic carbocycles. The summed E-state index contributed by atoms with van der Waals surface area (Å²) in [7, 11) is -3.59. The molecule has 0 heterocycles. The molecular formula is C21H25N3O5S. The zero-order valence-corrected chi connectivity index (χ0v) is 17.3. The maximum absolute atomic E-state index is 12.3. The zero-order chi connectivity index (χ0) is 22.0. The van der Waals surface area contributed by atoms with Gasteiger partial charge in [-0.15, -0.1) is 0 Å². The lowest BCUT2D eigenvalue weighted by molar-refractivity contribution is -0.118. The first-order chi connectivity index (χ1) is 14.3. The predicted molar refractivity (Wildman–Crippen MR) is 115 cm³/mol. The standard InChI is InChI=1S/C21H25N3O5S/c22-19(25)12-13-23-21(27)17-10-4-5-11-18(17)24-20(26)15-30(28,29)14-6-9-16-7-2-1-3-8-16/h1-5,7-8,10-11H,6,9,12-15H2,(H2,22,25)(H,23,27)(H,24,26). The molecule has 8 nitrogen and oxygen atoms in total. The Morgan fingerprint density at radius 3 is 2.30 bits per heavy atom. The monoisotopic (exact) mass is 431 g/mol. The van der Waals surface area contributed by atoms with Crippen molar-refractivity contribution < 1.29 is 22.8 Å². The van der Waals surface area contributed by atoms with Crippen LogP contribution in [0.1, 0.15) is 28.8 Å². The van der Waals surface area contributed by atoms with E-state index < -0.39 is 33.3 Å². The molecule has 0 bridgehead atoms. The first kappa shape index (κ1) is 23.1. The fourth-order valence-electron chi connectivity index (χ4n) is 2.78. The van der Waals surface area contributed by atoms with E-state index in [0.717, 1.165) is 5.56 Å². The van der Waals surface area contributed by atoms with Crippen molar-refractivity contribution in [1.82, 2.24) is 5.32 Å². The minimum Gasteiger partial charge on any atom is -0.370 e. The first-order valence-corrected chi connectivity index (χ1v) is 11.3. The van der Waals surface area contributed by atoms with Crippen LogP contribution in [0.15, 0.2) is 54.6 Å². The number of nitrogens with two attached hydrogens (primary N) is 1. The number of primary amides is 1. The third kappa shape index (κ3) is 8.04. The molecule has 30 heavy (non-hydrogen) atoms. The fraction of sp³-hybridized carbons (Fsp3) is 0.286. The Morgan fingerprint density at radius 2 is 1.60 bits per heavy atom. The molecular weight excluding hydrogens is 406 g/mol. The van der Waals surface area contributed by atoms with Gasteiger partial charge in [-0.2, -0.15) is 0 Å². The van der Waals surface area contributed by atoms with Crippen molar-refractivity contribution in [3.8, 4) is 0 Å². The molecule has 0 fully saturated rings. The topological polar surface area (TPSA) is 135 Å². The highest BCUT2D eigenvalue weighted by molar-refractivity contribution is 7.92. The van der Waals surface area contributed by atoms with E-state index in [-0.39, 0.29) is 30.0 Å². The SMILES string of the molecule is NC(=O)CCNC(=O)c1ccccc1NC(=O)CS(=O)(=O)CCCc1ccccc1. The number of aryl methyl sites for hydroxylation is 1. The number of hydrogen-bond acceptors (Lipinski definition) is 5. The van der Waals surface area contributed by atoms with Crippen molar-refractivity contribution in [2.24, 2.45) is 5.73 Å². The lowest BCUT2D eigenvalue weighted by atomic mass is 10.1. The maximum Gasteiger partial charge on any atom is 0.253 e. The number of rotatable bonds is 11. The first-order valence-electron chi connectivity index (χ1n) is 9.46. The van der Waals surface area contributed by atoms with Crippen LogP contribution < -0.4 is 16.4 Å². The number of carbonyl (C=O) groups is 3. The highest BCUT2D eigenvalue weighted by Gasteiger charge is 2.19. The highest BCUT2D eigenvalue weighted by Crippen LogP contribution is 2.15. The lowest BCUT2D eigenvalue weighted by Gasteiger charge is -2.11. The number of hydrogen-bond donors (Lipinski definition) is 3. The Morgan fingerprint density at radius 1 is 0.933 bits per heavy atom. The van der Waals surface area contributed by atoms with E-state index in [9.17, 15) is 22.8 Å². The number of carbonyl (C=O) groups excluding carboxylic acids is 3. The van der Waals surface area contributed by atoms with E-state index in [1.165, 1.54) is 12.1 Å². The quantitative estimate of drug-likeness (QED) is 0.492. The normalized spacial score (nSPS) is 10.9. The van der Waals surface area contributed by atoms with E-state index in [2.05, 4.69) is 10.6 Å². The molecule has 0 spiro atoms. The van der Waals surface area contributed by atoms with Crippen molar-refractivity contribution >= 4 is 33.2 Å². The van der Waals surface area contributed by atoms with Crippen LogP contribution in [-0.4, -0.2) is 44.2 Å². The van der Waals surface area contributed by atoms with Crippen LogP contribution in [-0.2, 0) is 25.8 Å². The molecule has 2 aromatic rings. The van der Waals surface area contributed by atoms with Crippen molar-refractivity contribution in [2.45, 2.75) is 19.3 Å². The summed E-state index contributed by atoms with van der Waals surface area (Å²) < 4.78 is 24.5. The average Bonchev–Trinajstić information content (AvgIpc) is 2.68. The van der Waals surface area contributed by atoms with Crippen LogP contribution >= 0.6 is 0 Å². The largest absolute Gasteiger partial charge is 0.370 e. The molecule has 0 aliphatic heterocycles. The summed E-state index contributed by atoms with van der Waals surface area (Å²) in [5, 5.41) is 5.01. The number of nitrogens with one attached hydrogen (secondary N) is 2. The minimum absolute atomic E-state index is 0.0124. The summed E-state index contributed by atoms with van der Waals surface area (Å²) in [5.74, 6) is -2.54. The summed E-state index contributed by atoms with van der Waals surface area (Å²) in [5.41, 5.74) is 6.43. The number of sulfone groups is 1. The van der Waals surface area contributed by atoms with Crippen LogP contribution in [0.4, 0.5) is 5.69 Å². The average molecular weight is 432 g/mol. The second-order valence-electron chi connectivity index (χ2n) is 6.75. The Hall–Kier alpha value is -3.20. The number of amides is 3. The highest BCUT2D eigenvalue weighted by atomic mass is 32.2. The zero-order valence-electron chi connectivity index (χ0n) is 16.5. The Kier molecular flexibility index (Phi) is 8.54. The van der Waals surface area contributed by atoms with E-state index in [4.69, 9.17) is 5.73 Å². The Labute approximate surface area is 175 Å². The maximum atomic E-state index is 12.3. The molecule has 0 radical (unpaired) electrons. The van der Waals surface area contributed by atoms with Gasteiger partial charge in [0.2, 0.25) is 11.8 Å². The third-order valence-electron chi connectivity index (χ3n) is 4.22. The van der Waals surface area contributed by atoms with Gasteiger partial charge in [0.25, 0.3) is 5.91 Å². The summed E-state index contributed by atoms with van der Waals surface area (Å²) in [6.07, 6.45) is 1.01. The fourth-order valence-corrected chi connectivity index (χ4v) is 3.98. The van der Waals surface area contributed by atoms with Crippen molar-refractivity contribution in [3.63, 3.8) is 0 Å². The van der Waals surface area contributed by atoms with Crippen LogP contribution in [0.2, 0.25) is 0 Å². The van der Waals surface area contributed by atoms with Gasteiger partial charge in [-0.3, -0.25) is 14.4 Å². The molecule has 4 N–H and O–H groups in total. The minimum atomic E-state index is -3.59. The summed E-state index contributed by atoms with van der Waals surface area (Å²) in [6.45, 7) is 0.0617. The second kappa shape index (κ2) is 11.1.